The van der Waals surface area contributed by atoms with Crippen LogP contribution < -0.4 is 0 Å². The molecule has 0 spiro atoms. The first-order valence-electron chi connectivity index (χ1n) is 5.96. The molecule has 0 aliphatic carbocycles. The Balaban J connectivity index is 2.19. The zero-order chi connectivity index (χ0) is 13.2. The monoisotopic (exact) mass is 257 g/mol. The molecule has 2 aromatic heterocycles. The van der Waals surface area contributed by atoms with Gasteiger partial charge in [0.15, 0.2) is 0 Å². The van der Waals surface area contributed by atoms with E-state index in [0.717, 1.165) is 22.0 Å². The summed E-state index contributed by atoms with van der Waals surface area (Å²) in [6, 6.07) is 6.39. The average Bonchev–Trinajstić information content (AvgIpc) is 2.83. The quantitative estimate of drug-likeness (QED) is 0.782. The lowest BCUT2D eigenvalue weighted by atomic mass is 10.0. The fourth-order valence-corrected chi connectivity index (χ4v) is 2.15. The minimum absolute atomic E-state index is 0.0149. The Morgan fingerprint density at radius 3 is 2.89 bits per heavy atom. The fourth-order valence-electron chi connectivity index (χ4n) is 2.15. The Labute approximate surface area is 109 Å². The zero-order valence-electron chi connectivity index (χ0n) is 10.1. The number of aliphatic hydroxyl groups is 1. The van der Waals surface area contributed by atoms with Gasteiger partial charge in [0, 0.05) is 17.1 Å². The number of hydrogen-bond donors (Lipinski definition) is 1. The van der Waals surface area contributed by atoms with Crippen LogP contribution in [0.2, 0.25) is 0 Å². The predicted octanol–water partition coefficient (Wildman–Crippen LogP) is 2.23. The Morgan fingerprint density at radius 1 is 1.21 bits per heavy atom. The molecule has 19 heavy (non-hydrogen) atoms. The van der Waals surface area contributed by atoms with Crippen molar-refractivity contribution in [1.82, 2.24) is 14.8 Å². The molecular weight excluding hydrogens is 245 g/mol. The van der Waals surface area contributed by atoms with Crippen LogP contribution in [0.3, 0.4) is 0 Å². The molecule has 5 heteroatoms. The first kappa shape index (κ1) is 11.8. The molecule has 0 atom stereocenters. The van der Waals surface area contributed by atoms with Crippen molar-refractivity contribution in [3.8, 4) is 11.1 Å². The number of halogens is 1. The summed E-state index contributed by atoms with van der Waals surface area (Å²) < 4.78 is 15.0. The van der Waals surface area contributed by atoms with Gasteiger partial charge in [-0.2, -0.15) is 5.10 Å². The largest absolute Gasteiger partial charge is 0.394 e. The van der Waals surface area contributed by atoms with Crippen LogP contribution in [0.15, 0.2) is 42.9 Å². The Kier molecular flexibility index (Phi) is 2.97. The van der Waals surface area contributed by atoms with Crippen LogP contribution in [-0.2, 0) is 6.54 Å². The molecule has 3 aromatic rings. The number of pyridine rings is 1. The van der Waals surface area contributed by atoms with Crippen LogP contribution in [0.1, 0.15) is 0 Å². The topological polar surface area (TPSA) is 50.9 Å². The molecule has 0 unspecified atom stereocenters. The molecule has 3 rings (SSSR count). The van der Waals surface area contributed by atoms with Crippen LogP contribution in [0.4, 0.5) is 4.39 Å². The number of aromatic nitrogens is 3. The van der Waals surface area contributed by atoms with E-state index in [0.29, 0.717) is 6.54 Å². The van der Waals surface area contributed by atoms with Crippen LogP contribution in [0, 0.1) is 5.82 Å². The second-order valence-electron chi connectivity index (χ2n) is 4.22. The van der Waals surface area contributed by atoms with E-state index in [9.17, 15) is 4.39 Å². The number of nitrogens with zero attached hydrogens (tertiary/aromatic N) is 3. The molecule has 96 valence electrons. The van der Waals surface area contributed by atoms with Crippen molar-refractivity contribution < 1.29 is 9.50 Å². The maximum atomic E-state index is 13.3. The van der Waals surface area contributed by atoms with Gasteiger partial charge in [0.2, 0.25) is 0 Å². The number of fused-ring (bicyclic) bond motifs is 1. The summed E-state index contributed by atoms with van der Waals surface area (Å²) in [6.45, 7) is 0.429. The van der Waals surface area contributed by atoms with Gasteiger partial charge in [-0.3, -0.25) is 9.67 Å². The van der Waals surface area contributed by atoms with Crippen LogP contribution >= 0.6 is 0 Å². The summed E-state index contributed by atoms with van der Waals surface area (Å²) in [5, 5.41) is 14.1. The van der Waals surface area contributed by atoms with E-state index < -0.39 is 0 Å². The summed E-state index contributed by atoms with van der Waals surface area (Å²) in [5.74, 6) is -0.280. The van der Waals surface area contributed by atoms with E-state index >= 15 is 0 Å². The normalized spacial score (nSPS) is 11.1. The van der Waals surface area contributed by atoms with Crippen molar-refractivity contribution in [3.63, 3.8) is 0 Å². The summed E-state index contributed by atoms with van der Waals surface area (Å²) in [6.07, 6.45) is 5.11. The molecule has 0 saturated heterocycles. The van der Waals surface area contributed by atoms with Crippen LogP contribution in [-0.4, -0.2) is 26.5 Å². The number of benzene rings is 1. The SMILES string of the molecule is OCCn1ncc2c(-c3cccc(F)c3)cncc21. The first-order chi connectivity index (χ1) is 9.29. The minimum Gasteiger partial charge on any atom is -0.394 e. The fraction of sp³-hybridized carbons (Fsp3) is 0.143. The highest BCUT2D eigenvalue weighted by atomic mass is 19.1. The summed E-state index contributed by atoms with van der Waals surface area (Å²) in [7, 11) is 0. The number of rotatable bonds is 3. The molecule has 1 aromatic carbocycles. The van der Waals surface area contributed by atoms with Gasteiger partial charge in [0.25, 0.3) is 0 Å². The molecule has 0 aliphatic rings. The van der Waals surface area contributed by atoms with Gasteiger partial charge >= 0.3 is 0 Å². The van der Waals surface area contributed by atoms with Gasteiger partial charge in [-0.1, -0.05) is 12.1 Å². The van der Waals surface area contributed by atoms with E-state index in [2.05, 4.69) is 10.1 Å². The number of hydrogen-bond acceptors (Lipinski definition) is 3. The average molecular weight is 257 g/mol. The molecule has 0 radical (unpaired) electrons. The molecule has 2 heterocycles. The summed E-state index contributed by atoms with van der Waals surface area (Å²) >= 11 is 0. The number of aliphatic hydroxyl groups excluding tert-OH is 1. The minimum atomic E-state index is -0.280. The third kappa shape index (κ3) is 2.08. The van der Waals surface area contributed by atoms with E-state index in [1.54, 1.807) is 29.3 Å². The maximum Gasteiger partial charge on any atom is 0.123 e. The first-order valence-corrected chi connectivity index (χ1v) is 5.96. The summed E-state index contributed by atoms with van der Waals surface area (Å²) in [4.78, 5) is 4.17. The van der Waals surface area contributed by atoms with Gasteiger partial charge in [-0.25, -0.2) is 4.39 Å². The second kappa shape index (κ2) is 4.78. The predicted molar refractivity (Wildman–Crippen MR) is 70.0 cm³/mol. The lowest BCUT2D eigenvalue weighted by Gasteiger charge is -2.04. The van der Waals surface area contributed by atoms with E-state index in [4.69, 9.17) is 5.11 Å². The van der Waals surface area contributed by atoms with Gasteiger partial charge in [0.05, 0.1) is 31.1 Å². The summed E-state index contributed by atoms with van der Waals surface area (Å²) in [5.41, 5.74) is 2.43. The smallest absolute Gasteiger partial charge is 0.123 e. The highest BCUT2D eigenvalue weighted by Gasteiger charge is 2.09. The van der Waals surface area contributed by atoms with Crippen molar-refractivity contribution in [2.75, 3.05) is 6.61 Å². The lowest BCUT2D eigenvalue weighted by molar-refractivity contribution is 0.271. The van der Waals surface area contributed by atoms with Crippen molar-refractivity contribution in [2.45, 2.75) is 6.54 Å². The van der Waals surface area contributed by atoms with E-state index in [1.165, 1.54) is 12.1 Å². The van der Waals surface area contributed by atoms with Crippen LogP contribution in [0.25, 0.3) is 22.0 Å². The van der Waals surface area contributed by atoms with Crippen molar-refractivity contribution >= 4 is 10.9 Å². The van der Waals surface area contributed by atoms with Crippen molar-refractivity contribution in [1.29, 1.82) is 0 Å². The van der Waals surface area contributed by atoms with E-state index in [1.807, 2.05) is 6.07 Å². The van der Waals surface area contributed by atoms with Crippen molar-refractivity contribution in [2.24, 2.45) is 0 Å². The second-order valence-corrected chi connectivity index (χ2v) is 4.22. The Morgan fingerprint density at radius 2 is 2.11 bits per heavy atom. The highest BCUT2D eigenvalue weighted by molar-refractivity contribution is 5.93. The van der Waals surface area contributed by atoms with Gasteiger partial charge in [-0.15, -0.1) is 0 Å². The zero-order valence-corrected chi connectivity index (χ0v) is 10.1. The third-order valence-electron chi connectivity index (χ3n) is 3.02. The third-order valence-corrected chi connectivity index (χ3v) is 3.02. The van der Waals surface area contributed by atoms with E-state index in [-0.39, 0.29) is 12.4 Å². The molecule has 0 bridgehead atoms. The highest BCUT2D eigenvalue weighted by Crippen LogP contribution is 2.27. The molecule has 0 aliphatic heterocycles. The van der Waals surface area contributed by atoms with Crippen LogP contribution in [0.5, 0.6) is 0 Å². The molecule has 1 N–H and O–H groups in total. The molecule has 0 amide bonds. The lowest BCUT2D eigenvalue weighted by Crippen LogP contribution is -2.03. The Hall–Kier alpha value is -2.27. The Bertz CT molecular complexity index is 724. The van der Waals surface area contributed by atoms with Gasteiger partial charge in [-0.05, 0) is 17.7 Å². The van der Waals surface area contributed by atoms with Crippen molar-refractivity contribution in [3.05, 3.63) is 48.7 Å². The van der Waals surface area contributed by atoms with Gasteiger partial charge < -0.3 is 5.11 Å². The molecule has 0 fully saturated rings. The molecule has 0 saturated carbocycles. The molecular formula is C14H12FN3O. The standard InChI is InChI=1S/C14H12FN3O/c15-11-3-1-2-10(6-11)12-7-16-9-14-13(12)8-17-18(14)4-5-19/h1-3,6-9,19H,4-5H2. The maximum absolute atomic E-state index is 13.3. The van der Waals surface area contributed by atoms with Gasteiger partial charge in [0.1, 0.15) is 5.82 Å². The molecule has 4 nitrogen and oxygen atoms in total.